The smallest absolute Gasteiger partial charge is 0.225 e. The third-order valence-electron chi connectivity index (χ3n) is 5.40. The molecule has 2 aromatic carbocycles. The highest BCUT2D eigenvalue weighted by atomic mass is 32.2. The number of sulfone groups is 1. The van der Waals surface area contributed by atoms with Crippen LogP contribution in [0.2, 0.25) is 0 Å². The fourth-order valence-corrected chi connectivity index (χ4v) is 6.83. The number of carbonyl (C=O) groups is 1. The first kappa shape index (κ1) is 22.4. The van der Waals surface area contributed by atoms with Gasteiger partial charge in [-0.3, -0.25) is 4.79 Å². The summed E-state index contributed by atoms with van der Waals surface area (Å²) in [5, 5.41) is 4.42. The highest BCUT2D eigenvalue weighted by molar-refractivity contribution is 7.91. The SMILES string of the molecule is CCCOc1ccc([C@@H]2CC(=O)Nc3c(S(=O)(=O)c4cccc(C)c4)csc32)cc1OC. The number of ether oxygens (including phenoxy) is 2. The molecule has 0 saturated carbocycles. The van der Waals surface area contributed by atoms with E-state index in [0.29, 0.717) is 23.8 Å². The largest absolute Gasteiger partial charge is 0.493 e. The number of anilines is 1. The van der Waals surface area contributed by atoms with E-state index in [-0.39, 0.29) is 28.0 Å². The number of rotatable bonds is 7. The number of methoxy groups -OCH3 is 1. The maximum absolute atomic E-state index is 13.3. The van der Waals surface area contributed by atoms with Gasteiger partial charge in [0.2, 0.25) is 15.7 Å². The molecule has 1 atom stereocenters. The van der Waals surface area contributed by atoms with Gasteiger partial charge in [-0.1, -0.05) is 25.1 Å². The van der Waals surface area contributed by atoms with Gasteiger partial charge >= 0.3 is 0 Å². The molecule has 1 N–H and O–H groups in total. The summed E-state index contributed by atoms with van der Waals surface area (Å²) in [7, 11) is -2.19. The fraction of sp³-hybridized carbons (Fsp3) is 0.292. The van der Waals surface area contributed by atoms with Crippen molar-refractivity contribution >= 4 is 32.8 Å². The summed E-state index contributed by atoms with van der Waals surface area (Å²) < 4.78 is 37.9. The van der Waals surface area contributed by atoms with Crippen LogP contribution in [0.4, 0.5) is 5.69 Å². The van der Waals surface area contributed by atoms with Crippen LogP contribution in [0, 0.1) is 6.92 Å². The second-order valence-electron chi connectivity index (χ2n) is 7.72. The Hall–Kier alpha value is -2.84. The number of fused-ring (bicyclic) bond motifs is 1. The summed E-state index contributed by atoms with van der Waals surface area (Å²) in [5.74, 6) is 0.756. The van der Waals surface area contributed by atoms with Crippen molar-refractivity contribution < 1.29 is 22.7 Å². The molecule has 1 amide bonds. The van der Waals surface area contributed by atoms with Gasteiger partial charge < -0.3 is 14.8 Å². The third-order valence-corrected chi connectivity index (χ3v) is 8.42. The van der Waals surface area contributed by atoms with Crippen molar-refractivity contribution in [1.82, 2.24) is 0 Å². The molecule has 6 nitrogen and oxygen atoms in total. The lowest BCUT2D eigenvalue weighted by atomic mass is 9.90. The molecular weight excluding hydrogens is 446 g/mol. The zero-order chi connectivity index (χ0) is 22.9. The number of benzene rings is 2. The number of amides is 1. The van der Waals surface area contributed by atoms with Crippen LogP contribution < -0.4 is 14.8 Å². The number of hydrogen-bond acceptors (Lipinski definition) is 6. The fourth-order valence-electron chi connectivity index (χ4n) is 3.81. The van der Waals surface area contributed by atoms with Gasteiger partial charge in [0.1, 0.15) is 4.90 Å². The lowest BCUT2D eigenvalue weighted by Crippen LogP contribution is -2.23. The van der Waals surface area contributed by atoms with Gasteiger partial charge in [0.05, 0.1) is 24.3 Å². The minimum absolute atomic E-state index is 0.135. The Labute approximate surface area is 192 Å². The molecule has 0 radical (unpaired) electrons. The van der Waals surface area contributed by atoms with Crippen LogP contribution in [-0.2, 0) is 14.6 Å². The molecule has 4 rings (SSSR count). The van der Waals surface area contributed by atoms with Crippen molar-refractivity contribution in [3.05, 3.63) is 63.8 Å². The van der Waals surface area contributed by atoms with Gasteiger partial charge in [0, 0.05) is 22.6 Å². The predicted molar refractivity (Wildman–Crippen MR) is 125 cm³/mol. The maximum atomic E-state index is 13.3. The minimum atomic E-state index is -3.77. The normalized spacial score (nSPS) is 15.7. The highest BCUT2D eigenvalue weighted by Gasteiger charge is 2.34. The van der Waals surface area contributed by atoms with Crippen LogP contribution in [-0.4, -0.2) is 28.0 Å². The molecule has 0 spiro atoms. The molecule has 0 unspecified atom stereocenters. The van der Waals surface area contributed by atoms with E-state index in [1.807, 2.05) is 38.1 Å². The van der Waals surface area contributed by atoms with Gasteiger partial charge in [-0.15, -0.1) is 11.3 Å². The highest BCUT2D eigenvalue weighted by Crippen LogP contribution is 2.47. The van der Waals surface area contributed by atoms with E-state index in [2.05, 4.69) is 5.32 Å². The van der Waals surface area contributed by atoms with Crippen LogP contribution in [0.1, 0.15) is 41.7 Å². The molecule has 2 heterocycles. The predicted octanol–water partition coefficient (Wildman–Crippen LogP) is 5.16. The minimum Gasteiger partial charge on any atom is -0.493 e. The third kappa shape index (κ3) is 4.12. The molecular formula is C24H25NO5S2. The number of thiophene rings is 1. The molecule has 168 valence electrons. The quantitative estimate of drug-likeness (QED) is 0.515. The Morgan fingerprint density at radius 2 is 1.97 bits per heavy atom. The van der Waals surface area contributed by atoms with Gasteiger partial charge in [0.25, 0.3) is 0 Å². The lowest BCUT2D eigenvalue weighted by molar-refractivity contribution is -0.116. The molecule has 0 aliphatic carbocycles. The molecule has 32 heavy (non-hydrogen) atoms. The summed E-state index contributed by atoms with van der Waals surface area (Å²) in [6.07, 6.45) is 1.11. The van der Waals surface area contributed by atoms with E-state index in [1.165, 1.54) is 11.3 Å². The Balaban J connectivity index is 1.76. The summed E-state index contributed by atoms with van der Waals surface area (Å²) in [6, 6.07) is 12.4. The number of aryl methyl sites for hydroxylation is 1. The van der Waals surface area contributed by atoms with E-state index in [1.54, 1.807) is 30.7 Å². The number of nitrogens with one attached hydrogen (secondary N) is 1. The van der Waals surface area contributed by atoms with Crippen LogP contribution in [0.3, 0.4) is 0 Å². The Bertz CT molecular complexity index is 1260. The molecule has 1 aliphatic heterocycles. The Kier molecular flexibility index (Phi) is 6.26. The second-order valence-corrected chi connectivity index (χ2v) is 10.6. The molecule has 3 aromatic rings. The summed E-state index contributed by atoms with van der Waals surface area (Å²) >= 11 is 1.35. The maximum Gasteiger partial charge on any atom is 0.225 e. The van der Waals surface area contributed by atoms with E-state index in [0.717, 1.165) is 22.4 Å². The Morgan fingerprint density at radius 3 is 2.69 bits per heavy atom. The standard InChI is InChI=1S/C24H25NO5S2/c1-4-10-30-19-9-8-16(12-20(19)29-3)18-13-22(26)25-23-21(14-31-24(18)23)32(27,28)17-7-5-6-15(2)11-17/h5-9,11-12,14,18H,4,10,13H2,1-3H3,(H,25,26)/t18-/m0/s1. The molecule has 8 heteroatoms. The first-order valence-electron chi connectivity index (χ1n) is 10.4. The zero-order valence-corrected chi connectivity index (χ0v) is 19.8. The zero-order valence-electron chi connectivity index (χ0n) is 18.2. The average molecular weight is 472 g/mol. The molecule has 0 fully saturated rings. The van der Waals surface area contributed by atoms with Crippen molar-refractivity contribution in [1.29, 1.82) is 0 Å². The van der Waals surface area contributed by atoms with E-state index >= 15 is 0 Å². The topological polar surface area (TPSA) is 81.7 Å². The first-order chi connectivity index (χ1) is 15.3. The molecule has 1 aliphatic rings. The van der Waals surface area contributed by atoms with Crippen LogP contribution >= 0.6 is 11.3 Å². The lowest BCUT2D eigenvalue weighted by Gasteiger charge is -2.24. The van der Waals surface area contributed by atoms with E-state index in [9.17, 15) is 13.2 Å². The van der Waals surface area contributed by atoms with E-state index in [4.69, 9.17) is 9.47 Å². The van der Waals surface area contributed by atoms with Crippen LogP contribution in [0.25, 0.3) is 0 Å². The van der Waals surface area contributed by atoms with Crippen molar-refractivity contribution in [2.24, 2.45) is 0 Å². The number of hydrogen-bond donors (Lipinski definition) is 1. The monoisotopic (exact) mass is 471 g/mol. The molecule has 1 aromatic heterocycles. The second kappa shape index (κ2) is 8.96. The van der Waals surface area contributed by atoms with Gasteiger partial charge in [0.15, 0.2) is 11.5 Å². The molecule has 0 bridgehead atoms. The summed E-state index contributed by atoms with van der Waals surface area (Å²) in [4.78, 5) is 13.8. The average Bonchev–Trinajstić information content (AvgIpc) is 3.21. The summed E-state index contributed by atoms with van der Waals surface area (Å²) in [5.41, 5.74) is 2.11. The van der Waals surface area contributed by atoms with E-state index < -0.39 is 9.84 Å². The number of carbonyl (C=O) groups excluding carboxylic acids is 1. The van der Waals surface area contributed by atoms with Crippen molar-refractivity contribution in [3.8, 4) is 11.5 Å². The summed E-state index contributed by atoms with van der Waals surface area (Å²) in [6.45, 7) is 4.46. The van der Waals surface area contributed by atoms with Gasteiger partial charge in [-0.05, 0) is 48.7 Å². The van der Waals surface area contributed by atoms with Crippen molar-refractivity contribution in [2.45, 2.75) is 42.4 Å². The van der Waals surface area contributed by atoms with Gasteiger partial charge in [-0.25, -0.2) is 8.42 Å². The van der Waals surface area contributed by atoms with Gasteiger partial charge in [-0.2, -0.15) is 0 Å². The van der Waals surface area contributed by atoms with Crippen molar-refractivity contribution in [3.63, 3.8) is 0 Å². The molecule has 0 saturated heterocycles. The van der Waals surface area contributed by atoms with Crippen LogP contribution in [0.15, 0.2) is 57.6 Å². The van der Waals surface area contributed by atoms with Crippen LogP contribution in [0.5, 0.6) is 11.5 Å². The first-order valence-corrected chi connectivity index (χ1v) is 12.7. The van der Waals surface area contributed by atoms with Crippen molar-refractivity contribution in [2.75, 3.05) is 19.0 Å². The Morgan fingerprint density at radius 1 is 1.16 bits per heavy atom.